The van der Waals surface area contributed by atoms with Gasteiger partial charge >= 0.3 is 0 Å². The van der Waals surface area contributed by atoms with Gasteiger partial charge in [-0.1, -0.05) is 18.7 Å². The second kappa shape index (κ2) is 9.85. The van der Waals surface area contributed by atoms with Gasteiger partial charge in [-0.25, -0.2) is 13.8 Å². The minimum absolute atomic E-state index is 0.0792. The zero-order chi connectivity index (χ0) is 26.9. The molecule has 4 N–H and O–H groups in total. The van der Waals surface area contributed by atoms with Crippen molar-refractivity contribution in [2.24, 2.45) is 16.6 Å². The maximum atomic E-state index is 15.2. The molecule has 2 aromatic rings. The molecule has 2 heterocycles. The lowest BCUT2D eigenvalue weighted by Crippen LogP contribution is -2.60. The van der Waals surface area contributed by atoms with Gasteiger partial charge in [0.1, 0.15) is 29.0 Å². The molecule has 11 heteroatoms. The van der Waals surface area contributed by atoms with Crippen molar-refractivity contribution in [1.82, 2.24) is 10.3 Å². The van der Waals surface area contributed by atoms with E-state index in [9.17, 15) is 14.0 Å². The van der Waals surface area contributed by atoms with E-state index in [2.05, 4.69) is 20.6 Å². The maximum absolute atomic E-state index is 15.2. The predicted molar refractivity (Wildman–Crippen MR) is 136 cm³/mol. The molecule has 190 valence electrons. The molecule has 0 radical (unpaired) electrons. The molecule has 2 amide bonds. The Balaban J connectivity index is 1.97. The number of carbonyl (C=O) groups excluding carboxylic acids is 2. The fourth-order valence-corrected chi connectivity index (χ4v) is 5.19. The second-order valence-corrected chi connectivity index (χ2v) is 11.2. The Morgan fingerprint density at radius 1 is 1.28 bits per heavy atom. The zero-order valence-corrected chi connectivity index (χ0v) is 21.5. The van der Waals surface area contributed by atoms with E-state index in [-0.39, 0.29) is 22.1 Å². The van der Waals surface area contributed by atoms with Crippen LogP contribution in [0.5, 0.6) is 0 Å². The summed E-state index contributed by atoms with van der Waals surface area (Å²) in [7, 11) is 0. The number of anilines is 1. The smallest absolute Gasteiger partial charge is 0.274 e. The molecule has 0 aliphatic carbocycles. The number of nitrogens with two attached hydrogens (primary N) is 1. The molecule has 1 aromatic heterocycles. The highest BCUT2D eigenvalue weighted by Crippen LogP contribution is 2.50. The number of hydrogen-bond acceptors (Lipinski definition) is 7. The average Bonchev–Trinajstić information content (AvgIpc) is 2.83. The number of amidine groups is 1. The van der Waals surface area contributed by atoms with Crippen LogP contribution < -0.4 is 16.4 Å². The molecule has 1 aromatic carbocycles. The number of nitrogens with zero attached hydrogens (tertiary/aromatic N) is 3. The summed E-state index contributed by atoms with van der Waals surface area (Å²) in [5.74, 6) is -2.16. The number of aliphatic imine (C=N–C) groups is 1. The van der Waals surface area contributed by atoms with Gasteiger partial charge in [-0.2, -0.15) is 5.26 Å². The average molecular weight is 515 g/mol. The number of hydrogen-bond donors (Lipinski definition) is 3. The molecular formula is C25H28F2N6O2S. The van der Waals surface area contributed by atoms with Crippen LogP contribution in [-0.2, 0) is 10.3 Å². The SMILES string of the molecule is C[C@@H]1[C@@](C)(C(=O)NC(C)(C)CF)SC(N)=N[C@]1(C)c1cc(NC(=O)c2ccc(C#N)cn2)ccc1F. The van der Waals surface area contributed by atoms with Crippen LogP contribution in [0.15, 0.2) is 41.5 Å². The number of aromatic nitrogens is 1. The number of nitriles is 1. The van der Waals surface area contributed by atoms with Crippen molar-refractivity contribution in [3.05, 3.63) is 59.2 Å². The van der Waals surface area contributed by atoms with Gasteiger partial charge < -0.3 is 16.4 Å². The number of thioether (sulfide) groups is 1. The van der Waals surface area contributed by atoms with Gasteiger partial charge in [-0.15, -0.1) is 0 Å². The zero-order valence-electron chi connectivity index (χ0n) is 20.6. The highest BCUT2D eigenvalue weighted by Gasteiger charge is 2.54. The second-order valence-electron chi connectivity index (χ2n) is 9.69. The first-order chi connectivity index (χ1) is 16.8. The summed E-state index contributed by atoms with van der Waals surface area (Å²) in [6.45, 7) is 7.47. The van der Waals surface area contributed by atoms with Crippen LogP contribution >= 0.6 is 11.8 Å². The van der Waals surface area contributed by atoms with Crippen LogP contribution in [-0.4, -0.2) is 38.9 Å². The first-order valence-electron chi connectivity index (χ1n) is 11.2. The van der Waals surface area contributed by atoms with E-state index in [1.165, 1.54) is 36.5 Å². The molecule has 0 saturated heterocycles. The van der Waals surface area contributed by atoms with E-state index in [4.69, 9.17) is 11.0 Å². The normalized spacial score (nSPS) is 23.8. The monoisotopic (exact) mass is 514 g/mol. The molecule has 0 saturated carbocycles. The number of benzene rings is 1. The minimum atomic E-state index is -1.28. The fraction of sp³-hybridized carbons (Fsp3) is 0.400. The number of amides is 2. The molecule has 1 aliphatic rings. The third-order valence-corrected chi connectivity index (χ3v) is 7.72. The molecule has 0 spiro atoms. The van der Waals surface area contributed by atoms with E-state index in [1.54, 1.807) is 34.6 Å². The van der Waals surface area contributed by atoms with Crippen LogP contribution in [0.4, 0.5) is 14.5 Å². The van der Waals surface area contributed by atoms with Crippen molar-refractivity contribution in [1.29, 1.82) is 5.26 Å². The highest BCUT2D eigenvalue weighted by molar-refractivity contribution is 8.15. The van der Waals surface area contributed by atoms with E-state index in [0.717, 1.165) is 11.8 Å². The lowest BCUT2D eigenvalue weighted by Gasteiger charge is -2.47. The van der Waals surface area contributed by atoms with Crippen molar-refractivity contribution in [2.75, 3.05) is 12.0 Å². The quantitative estimate of drug-likeness (QED) is 0.536. The van der Waals surface area contributed by atoms with Crippen molar-refractivity contribution < 1.29 is 18.4 Å². The summed E-state index contributed by atoms with van der Waals surface area (Å²) < 4.78 is 27.4. The van der Waals surface area contributed by atoms with E-state index >= 15 is 4.39 Å². The number of pyridine rings is 1. The number of alkyl halides is 1. The highest BCUT2D eigenvalue weighted by atomic mass is 32.2. The van der Waals surface area contributed by atoms with E-state index in [1.807, 2.05) is 6.07 Å². The Kier molecular flexibility index (Phi) is 7.41. The van der Waals surface area contributed by atoms with Crippen LogP contribution in [0.3, 0.4) is 0 Å². The molecule has 1 aliphatic heterocycles. The summed E-state index contributed by atoms with van der Waals surface area (Å²) in [5, 5.41) is 14.4. The Labute approximate surface area is 212 Å². The number of nitrogens with one attached hydrogen (secondary N) is 2. The number of rotatable bonds is 6. The Hall–Kier alpha value is -3.52. The topological polar surface area (TPSA) is 133 Å². The summed E-state index contributed by atoms with van der Waals surface area (Å²) in [5.41, 5.74) is 4.56. The predicted octanol–water partition coefficient (Wildman–Crippen LogP) is 3.88. The van der Waals surface area contributed by atoms with Gasteiger partial charge in [0.05, 0.1) is 16.6 Å². The Morgan fingerprint density at radius 3 is 2.56 bits per heavy atom. The molecule has 36 heavy (non-hydrogen) atoms. The first-order valence-corrected chi connectivity index (χ1v) is 12.0. The van der Waals surface area contributed by atoms with Crippen LogP contribution in [0.1, 0.15) is 56.2 Å². The van der Waals surface area contributed by atoms with Crippen molar-refractivity contribution >= 4 is 34.4 Å². The molecular weight excluding hydrogens is 486 g/mol. The third kappa shape index (κ3) is 5.18. The van der Waals surface area contributed by atoms with Crippen molar-refractivity contribution in [3.63, 3.8) is 0 Å². The summed E-state index contributed by atoms with van der Waals surface area (Å²) >= 11 is 1.04. The molecule has 3 atom stereocenters. The summed E-state index contributed by atoms with van der Waals surface area (Å²) in [6.07, 6.45) is 1.28. The maximum Gasteiger partial charge on any atom is 0.274 e. The molecule has 0 unspecified atom stereocenters. The van der Waals surface area contributed by atoms with Crippen LogP contribution in [0.25, 0.3) is 0 Å². The summed E-state index contributed by atoms with van der Waals surface area (Å²) in [4.78, 5) is 34.4. The van der Waals surface area contributed by atoms with Gasteiger partial charge in [0.25, 0.3) is 5.91 Å². The molecule has 8 nitrogen and oxygen atoms in total. The molecule has 3 rings (SSSR count). The third-order valence-electron chi connectivity index (χ3n) is 6.46. The summed E-state index contributed by atoms with van der Waals surface area (Å²) in [6, 6.07) is 8.85. The van der Waals surface area contributed by atoms with Gasteiger partial charge in [-0.05, 0) is 58.0 Å². The molecule has 0 fully saturated rings. The Bertz CT molecular complexity index is 1260. The Morgan fingerprint density at radius 2 is 1.97 bits per heavy atom. The van der Waals surface area contributed by atoms with Crippen LogP contribution in [0, 0.1) is 23.1 Å². The van der Waals surface area contributed by atoms with Gasteiger partial charge in [0, 0.05) is 23.4 Å². The lowest BCUT2D eigenvalue weighted by atomic mass is 9.73. The van der Waals surface area contributed by atoms with Gasteiger partial charge in [0.2, 0.25) is 5.91 Å². The van der Waals surface area contributed by atoms with Gasteiger partial charge in [0.15, 0.2) is 5.17 Å². The standard InChI is InChI=1S/C25H28F2N6O2S/c1-14-24(4,33-22(29)36-25(14,5)21(35)32-23(2,3)13-26)17-10-16(7-8-18(17)27)31-20(34)19-9-6-15(11-28)12-30-19/h6-10,12,14H,13H2,1-5H3,(H2,29,33)(H,31,34)(H,32,35)/t14-,24-,25-/m0/s1. The largest absolute Gasteiger partial charge is 0.378 e. The van der Waals surface area contributed by atoms with Crippen molar-refractivity contribution in [2.45, 2.75) is 50.4 Å². The number of halogens is 2. The first kappa shape index (κ1) is 27.1. The fourth-order valence-electron chi connectivity index (χ4n) is 3.97. The van der Waals surface area contributed by atoms with E-state index in [0.29, 0.717) is 5.56 Å². The van der Waals surface area contributed by atoms with E-state index < -0.39 is 46.0 Å². The minimum Gasteiger partial charge on any atom is -0.378 e. The van der Waals surface area contributed by atoms with Crippen LogP contribution in [0.2, 0.25) is 0 Å². The van der Waals surface area contributed by atoms with Gasteiger partial charge in [-0.3, -0.25) is 14.6 Å². The van der Waals surface area contributed by atoms with Crippen molar-refractivity contribution in [3.8, 4) is 6.07 Å². The molecule has 0 bridgehead atoms. The lowest BCUT2D eigenvalue weighted by molar-refractivity contribution is -0.126. The number of carbonyl (C=O) groups is 2.